The van der Waals surface area contributed by atoms with Gasteiger partial charge in [0.2, 0.25) is 0 Å². The van der Waals surface area contributed by atoms with E-state index in [9.17, 15) is 8.78 Å². The molecule has 0 saturated carbocycles. The third-order valence-corrected chi connectivity index (χ3v) is 2.84. The third-order valence-electron chi connectivity index (χ3n) is 2.84. The standard InChI is InChI=1S/C14H10F2N2/c15-12-5-10(6-13(16)7-12)3-9-1-2-14-11(4-9)8-17-18-14/h1-2,4-8H,3H2,(H,17,18). The van der Waals surface area contributed by atoms with Crippen LogP contribution in [0.5, 0.6) is 0 Å². The summed E-state index contributed by atoms with van der Waals surface area (Å²) < 4.78 is 26.2. The van der Waals surface area contributed by atoms with Crippen LogP contribution in [0, 0.1) is 11.6 Å². The number of nitrogens with zero attached hydrogens (tertiary/aromatic N) is 1. The molecule has 0 bridgehead atoms. The molecule has 0 aliphatic rings. The number of H-pyrrole nitrogens is 1. The first kappa shape index (κ1) is 10.9. The molecular weight excluding hydrogens is 234 g/mol. The van der Waals surface area contributed by atoms with Gasteiger partial charge in [-0.05, 0) is 41.8 Å². The van der Waals surface area contributed by atoms with Crippen LogP contribution in [0.25, 0.3) is 10.9 Å². The van der Waals surface area contributed by atoms with Gasteiger partial charge in [0.05, 0.1) is 11.7 Å². The maximum Gasteiger partial charge on any atom is 0.126 e. The number of nitrogens with one attached hydrogen (secondary N) is 1. The zero-order valence-corrected chi connectivity index (χ0v) is 9.45. The summed E-state index contributed by atoms with van der Waals surface area (Å²) in [5.74, 6) is -1.09. The van der Waals surface area contributed by atoms with Crippen molar-refractivity contribution in [3.63, 3.8) is 0 Å². The van der Waals surface area contributed by atoms with Crippen LogP contribution in [0.1, 0.15) is 11.1 Å². The van der Waals surface area contributed by atoms with Crippen LogP contribution in [-0.2, 0) is 6.42 Å². The van der Waals surface area contributed by atoms with Crippen LogP contribution in [-0.4, -0.2) is 10.2 Å². The van der Waals surface area contributed by atoms with Crippen LogP contribution >= 0.6 is 0 Å². The predicted octanol–water partition coefficient (Wildman–Crippen LogP) is 3.43. The van der Waals surface area contributed by atoms with Crippen molar-refractivity contribution in [1.82, 2.24) is 10.2 Å². The molecule has 0 atom stereocenters. The van der Waals surface area contributed by atoms with Crippen molar-refractivity contribution in [3.8, 4) is 0 Å². The summed E-state index contributed by atoms with van der Waals surface area (Å²) in [6.07, 6.45) is 2.22. The lowest BCUT2D eigenvalue weighted by atomic mass is 10.0. The Kier molecular flexibility index (Phi) is 2.55. The molecule has 0 radical (unpaired) electrons. The molecule has 2 aromatic carbocycles. The SMILES string of the molecule is Fc1cc(F)cc(Cc2ccc3[nH]ncc3c2)c1. The fraction of sp³-hybridized carbons (Fsp3) is 0.0714. The average molecular weight is 244 g/mol. The van der Waals surface area contributed by atoms with E-state index >= 15 is 0 Å². The Bertz CT molecular complexity index is 684. The molecule has 0 unspecified atom stereocenters. The Labute approximate surface area is 102 Å². The summed E-state index contributed by atoms with van der Waals surface area (Å²) >= 11 is 0. The second-order valence-electron chi connectivity index (χ2n) is 4.25. The molecule has 0 aliphatic heterocycles. The van der Waals surface area contributed by atoms with Gasteiger partial charge in [0.25, 0.3) is 0 Å². The van der Waals surface area contributed by atoms with Crippen molar-refractivity contribution in [1.29, 1.82) is 0 Å². The van der Waals surface area contributed by atoms with Crippen molar-refractivity contribution >= 4 is 10.9 Å². The fourth-order valence-corrected chi connectivity index (χ4v) is 2.05. The molecule has 0 amide bonds. The van der Waals surface area contributed by atoms with E-state index in [-0.39, 0.29) is 0 Å². The Balaban J connectivity index is 1.95. The molecule has 0 spiro atoms. The molecule has 0 aliphatic carbocycles. The van der Waals surface area contributed by atoms with Crippen molar-refractivity contribution < 1.29 is 8.78 Å². The summed E-state index contributed by atoms with van der Waals surface area (Å²) in [5, 5.41) is 7.78. The van der Waals surface area contributed by atoms with Gasteiger partial charge < -0.3 is 0 Å². The highest BCUT2D eigenvalue weighted by Gasteiger charge is 2.03. The highest BCUT2D eigenvalue weighted by molar-refractivity contribution is 5.78. The number of aromatic amines is 1. The smallest absolute Gasteiger partial charge is 0.126 e. The van der Waals surface area contributed by atoms with E-state index in [1.807, 2.05) is 18.2 Å². The summed E-state index contributed by atoms with van der Waals surface area (Å²) in [6, 6.07) is 9.37. The van der Waals surface area contributed by atoms with E-state index in [0.29, 0.717) is 12.0 Å². The minimum absolute atomic E-state index is 0.496. The second kappa shape index (κ2) is 4.22. The fourth-order valence-electron chi connectivity index (χ4n) is 2.05. The molecule has 90 valence electrons. The van der Waals surface area contributed by atoms with Crippen molar-refractivity contribution in [2.45, 2.75) is 6.42 Å². The number of halogens is 2. The second-order valence-corrected chi connectivity index (χ2v) is 4.25. The Morgan fingerprint density at radius 1 is 0.944 bits per heavy atom. The van der Waals surface area contributed by atoms with Gasteiger partial charge in [-0.15, -0.1) is 0 Å². The van der Waals surface area contributed by atoms with Gasteiger partial charge in [0.15, 0.2) is 0 Å². The highest BCUT2D eigenvalue weighted by atomic mass is 19.1. The number of hydrogen-bond donors (Lipinski definition) is 1. The van der Waals surface area contributed by atoms with Gasteiger partial charge in [0.1, 0.15) is 11.6 Å². The largest absolute Gasteiger partial charge is 0.278 e. The monoisotopic (exact) mass is 244 g/mol. The van der Waals surface area contributed by atoms with Crippen LogP contribution in [0.3, 0.4) is 0 Å². The Morgan fingerprint density at radius 3 is 2.50 bits per heavy atom. The molecule has 0 saturated heterocycles. The first-order valence-electron chi connectivity index (χ1n) is 5.58. The van der Waals surface area contributed by atoms with E-state index in [1.165, 1.54) is 12.1 Å². The van der Waals surface area contributed by atoms with Crippen LogP contribution in [0.15, 0.2) is 42.6 Å². The minimum atomic E-state index is -0.547. The minimum Gasteiger partial charge on any atom is -0.278 e. The number of hydrogen-bond acceptors (Lipinski definition) is 1. The Hall–Kier alpha value is -2.23. The summed E-state index contributed by atoms with van der Waals surface area (Å²) in [5.41, 5.74) is 2.56. The van der Waals surface area contributed by atoms with Crippen LogP contribution in [0.2, 0.25) is 0 Å². The first-order valence-corrected chi connectivity index (χ1v) is 5.58. The quantitative estimate of drug-likeness (QED) is 0.735. The van der Waals surface area contributed by atoms with Crippen molar-refractivity contribution in [3.05, 3.63) is 65.4 Å². The predicted molar refractivity (Wildman–Crippen MR) is 65.3 cm³/mol. The first-order chi connectivity index (χ1) is 8.70. The maximum absolute atomic E-state index is 13.1. The van der Waals surface area contributed by atoms with Gasteiger partial charge in [-0.3, -0.25) is 5.10 Å². The van der Waals surface area contributed by atoms with Crippen LogP contribution < -0.4 is 0 Å². The zero-order chi connectivity index (χ0) is 12.5. The van der Waals surface area contributed by atoms with Crippen LogP contribution in [0.4, 0.5) is 8.78 Å². The molecule has 4 heteroatoms. The molecule has 18 heavy (non-hydrogen) atoms. The van der Waals surface area contributed by atoms with Gasteiger partial charge >= 0.3 is 0 Å². The Morgan fingerprint density at radius 2 is 1.72 bits per heavy atom. The lowest BCUT2D eigenvalue weighted by Gasteiger charge is -2.03. The molecule has 0 fully saturated rings. The average Bonchev–Trinajstić information content (AvgIpc) is 2.74. The third kappa shape index (κ3) is 2.09. The molecular formula is C14H10F2N2. The molecule has 2 nitrogen and oxygen atoms in total. The van der Waals surface area contributed by atoms with E-state index in [2.05, 4.69) is 10.2 Å². The number of rotatable bonds is 2. The lowest BCUT2D eigenvalue weighted by molar-refractivity contribution is 0.580. The van der Waals surface area contributed by atoms with Crippen molar-refractivity contribution in [2.24, 2.45) is 0 Å². The highest BCUT2D eigenvalue weighted by Crippen LogP contribution is 2.17. The number of aromatic nitrogens is 2. The molecule has 1 heterocycles. The van der Waals surface area contributed by atoms with Gasteiger partial charge in [-0.2, -0.15) is 5.10 Å². The molecule has 3 aromatic rings. The lowest BCUT2D eigenvalue weighted by Crippen LogP contribution is -1.91. The molecule has 3 rings (SSSR count). The van der Waals surface area contributed by atoms with E-state index < -0.39 is 11.6 Å². The maximum atomic E-state index is 13.1. The normalized spacial score (nSPS) is 11.0. The van der Waals surface area contributed by atoms with Gasteiger partial charge in [-0.1, -0.05) is 6.07 Å². The molecule has 1 aromatic heterocycles. The van der Waals surface area contributed by atoms with Crippen molar-refractivity contribution in [2.75, 3.05) is 0 Å². The van der Waals surface area contributed by atoms with Gasteiger partial charge in [-0.25, -0.2) is 8.78 Å². The zero-order valence-electron chi connectivity index (χ0n) is 9.45. The van der Waals surface area contributed by atoms with Gasteiger partial charge in [0, 0.05) is 11.5 Å². The summed E-state index contributed by atoms with van der Waals surface area (Å²) in [4.78, 5) is 0. The van der Waals surface area contributed by atoms with E-state index in [1.54, 1.807) is 6.20 Å². The van der Waals surface area contributed by atoms with E-state index in [4.69, 9.17) is 0 Å². The number of fused-ring (bicyclic) bond motifs is 1. The topological polar surface area (TPSA) is 28.7 Å². The summed E-state index contributed by atoms with van der Waals surface area (Å²) in [6.45, 7) is 0. The number of benzene rings is 2. The molecule has 1 N–H and O–H groups in total. The van der Waals surface area contributed by atoms with E-state index in [0.717, 1.165) is 22.5 Å². The summed E-state index contributed by atoms with van der Waals surface area (Å²) in [7, 11) is 0.